The van der Waals surface area contributed by atoms with E-state index in [-0.39, 0.29) is 6.04 Å². The van der Waals surface area contributed by atoms with E-state index in [2.05, 4.69) is 0 Å². The molecular formula is C16H18F2N2. The van der Waals surface area contributed by atoms with Crippen LogP contribution in [-0.4, -0.2) is 18.5 Å². The molecule has 0 spiro atoms. The van der Waals surface area contributed by atoms with Crippen LogP contribution in [0.2, 0.25) is 0 Å². The van der Waals surface area contributed by atoms with Crippen molar-refractivity contribution in [1.29, 1.82) is 0 Å². The number of nitrogens with zero attached hydrogens (tertiary/aromatic N) is 1. The number of benzene rings is 2. The van der Waals surface area contributed by atoms with Crippen molar-refractivity contribution in [1.82, 2.24) is 4.90 Å². The highest BCUT2D eigenvalue weighted by molar-refractivity contribution is 5.22. The number of likely N-dealkylation sites (N-methyl/N-ethyl adjacent to an activating group) is 1. The molecule has 1 atom stereocenters. The second kappa shape index (κ2) is 6.59. The van der Waals surface area contributed by atoms with E-state index >= 15 is 0 Å². The number of hydrogen-bond donors (Lipinski definition) is 1. The second-order valence-corrected chi connectivity index (χ2v) is 4.85. The van der Waals surface area contributed by atoms with Crippen LogP contribution in [0.15, 0.2) is 48.5 Å². The minimum Gasteiger partial charge on any atom is -0.329 e. The number of nitrogens with two attached hydrogens (primary N) is 1. The van der Waals surface area contributed by atoms with E-state index < -0.39 is 11.6 Å². The first-order valence-corrected chi connectivity index (χ1v) is 6.50. The molecular weight excluding hydrogens is 258 g/mol. The molecule has 0 radical (unpaired) electrons. The molecule has 0 amide bonds. The van der Waals surface area contributed by atoms with Crippen LogP contribution in [0, 0.1) is 11.6 Å². The van der Waals surface area contributed by atoms with Crippen LogP contribution in [0.5, 0.6) is 0 Å². The fourth-order valence-corrected chi connectivity index (χ4v) is 2.32. The molecule has 0 aliphatic rings. The Morgan fingerprint density at radius 1 is 1.05 bits per heavy atom. The Labute approximate surface area is 117 Å². The molecule has 2 rings (SSSR count). The Morgan fingerprint density at radius 3 is 2.20 bits per heavy atom. The summed E-state index contributed by atoms with van der Waals surface area (Å²) >= 11 is 0. The van der Waals surface area contributed by atoms with Crippen molar-refractivity contribution in [2.24, 2.45) is 5.73 Å². The van der Waals surface area contributed by atoms with Crippen LogP contribution >= 0.6 is 0 Å². The van der Waals surface area contributed by atoms with Gasteiger partial charge in [-0.25, -0.2) is 8.78 Å². The molecule has 20 heavy (non-hydrogen) atoms. The van der Waals surface area contributed by atoms with Crippen molar-refractivity contribution in [3.8, 4) is 0 Å². The Kier molecular flexibility index (Phi) is 4.82. The molecule has 4 heteroatoms. The molecule has 2 N–H and O–H groups in total. The maximum absolute atomic E-state index is 13.3. The summed E-state index contributed by atoms with van der Waals surface area (Å²) in [4.78, 5) is 1.99. The molecule has 0 saturated carbocycles. The Morgan fingerprint density at radius 2 is 1.65 bits per heavy atom. The monoisotopic (exact) mass is 276 g/mol. The lowest BCUT2D eigenvalue weighted by Gasteiger charge is -2.27. The van der Waals surface area contributed by atoms with Crippen LogP contribution in [0.4, 0.5) is 8.78 Å². The Hall–Kier alpha value is -1.78. The molecule has 2 aromatic rings. The van der Waals surface area contributed by atoms with Crippen molar-refractivity contribution < 1.29 is 8.78 Å². The average Bonchev–Trinajstić information content (AvgIpc) is 2.39. The van der Waals surface area contributed by atoms with Crippen molar-refractivity contribution in [3.63, 3.8) is 0 Å². The molecule has 0 aromatic heterocycles. The molecule has 0 fully saturated rings. The lowest BCUT2D eigenvalue weighted by Crippen LogP contribution is -2.30. The number of hydrogen-bond acceptors (Lipinski definition) is 2. The third-order valence-corrected chi connectivity index (χ3v) is 3.30. The minimum atomic E-state index is -0.577. The van der Waals surface area contributed by atoms with Gasteiger partial charge in [0.15, 0.2) is 0 Å². The zero-order valence-electron chi connectivity index (χ0n) is 11.4. The van der Waals surface area contributed by atoms with Gasteiger partial charge in [0.1, 0.15) is 11.6 Å². The fraction of sp³-hybridized carbons (Fsp3) is 0.250. The topological polar surface area (TPSA) is 29.3 Å². The first-order chi connectivity index (χ1) is 9.60. The van der Waals surface area contributed by atoms with Crippen LogP contribution in [0.1, 0.15) is 17.2 Å². The summed E-state index contributed by atoms with van der Waals surface area (Å²) in [7, 11) is 1.90. The first-order valence-electron chi connectivity index (χ1n) is 6.50. The van der Waals surface area contributed by atoms with Crippen molar-refractivity contribution >= 4 is 0 Å². The van der Waals surface area contributed by atoms with Crippen LogP contribution < -0.4 is 5.73 Å². The van der Waals surface area contributed by atoms with Gasteiger partial charge in [0.2, 0.25) is 0 Å². The highest BCUT2D eigenvalue weighted by Gasteiger charge is 2.17. The third kappa shape index (κ3) is 3.62. The van der Waals surface area contributed by atoms with Gasteiger partial charge in [0, 0.05) is 25.2 Å². The predicted molar refractivity (Wildman–Crippen MR) is 76.1 cm³/mol. The van der Waals surface area contributed by atoms with Gasteiger partial charge in [0.05, 0.1) is 0 Å². The van der Waals surface area contributed by atoms with Gasteiger partial charge in [-0.05, 0) is 30.3 Å². The maximum atomic E-state index is 13.3. The fourth-order valence-electron chi connectivity index (χ4n) is 2.32. The van der Waals surface area contributed by atoms with Gasteiger partial charge in [-0.15, -0.1) is 0 Å². The molecule has 106 valence electrons. The highest BCUT2D eigenvalue weighted by atomic mass is 19.1. The summed E-state index contributed by atoms with van der Waals surface area (Å²) in [5.74, 6) is -1.15. The first kappa shape index (κ1) is 14.6. The maximum Gasteiger partial charge on any atom is 0.126 e. The zero-order valence-corrected chi connectivity index (χ0v) is 11.4. The van der Waals surface area contributed by atoms with E-state index in [1.165, 1.54) is 12.1 Å². The summed E-state index contributed by atoms with van der Waals surface area (Å²) in [5.41, 5.74) is 7.46. The van der Waals surface area contributed by atoms with Gasteiger partial charge in [-0.3, -0.25) is 4.90 Å². The average molecular weight is 276 g/mol. The lowest BCUT2D eigenvalue weighted by atomic mass is 10.0. The number of halogens is 2. The van der Waals surface area contributed by atoms with Crippen LogP contribution in [0.3, 0.4) is 0 Å². The highest BCUT2D eigenvalue weighted by Crippen LogP contribution is 2.22. The van der Waals surface area contributed by atoms with Crippen molar-refractivity contribution in [2.45, 2.75) is 12.6 Å². The van der Waals surface area contributed by atoms with E-state index in [1.54, 1.807) is 0 Å². The SMILES string of the molecule is CN(Cc1ccccc1)C(CN)c1cc(F)cc(F)c1. The summed E-state index contributed by atoms with van der Waals surface area (Å²) < 4.78 is 26.6. The minimum absolute atomic E-state index is 0.222. The molecule has 0 bridgehead atoms. The van der Waals surface area contributed by atoms with Crippen LogP contribution in [0.25, 0.3) is 0 Å². The van der Waals surface area contributed by atoms with Gasteiger partial charge in [-0.1, -0.05) is 30.3 Å². The summed E-state index contributed by atoms with van der Waals surface area (Å²) in [6, 6.07) is 13.2. The van der Waals surface area contributed by atoms with E-state index in [4.69, 9.17) is 5.73 Å². The Balaban J connectivity index is 2.18. The summed E-state index contributed by atoms with van der Waals surface area (Å²) in [5, 5.41) is 0. The number of rotatable bonds is 5. The summed E-state index contributed by atoms with van der Waals surface area (Å²) in [6.07, 6.45) is 0. The standard InChI is InChI=1S/C16H18F2N2/c1-20(11-12-5-3-2-4-6-12)16(10-19)13-7-14(17)9-15(18)8-13/h2-9,16H,10-11,19H2,1H3. The molecule has 2 nitrogen and oxygen atoms in total. The normalized spacial score (nSPS) is 12.7. The third-order valence-electron chi connectivity index (χ3n) is 3.30. The molecule has 2 aromatic carbocycles. The van der Waals surface area contributed by atoms with Crippen molar-refractivity contribution in [3.05, 3.63) is 71.3 Å². The van der Waals surface area contributed by atoms with Gasteiger partial charge in [-0.2, -0.15) is 0 Å². The molecule has 0 aliphatic carbocycles. The van der Waals surface area contributed by atoms with Crippen molar-refractivity contribution in [2.75, 3.05) is 13.6 Å². The smallest absolute Gasteiger partial charge is 0.126 e. The van der Waals surface area contributed by atoms with E-state index in [0.29, 0.717) is 18.7 Å². The predicted octanol–water partition coefficient (Wildman–Crippen LogP) is 3.10. The van der Waals surface area contributed by atoms with E-state index in [1.807, 2.05) is 42.3 Å². The van der Waals surface area contributed by atoms with Gasteiger partial charge < -0.3 is 5.73 Å². The molecule has 1 unspecified atom stereocenters. The molecule has 0 heterocycles. The van der Waals surface area contributed by atoms with Gasteiger partial charge >= 0.3 is 0 Å². The summed E-state index contributed by atoms with van der Waals surface area (Å²) in [6.45, 7) is 0.965. The van der Waals surface area contributed by atoms with E-state index in [9.17, 15) is 8.78 Å². The van der Waals surface area contributed by atoms with Crippen LogP contribution in [-0.2, 0) is 6.54 Å². The quantitative estimate of drug-likeness (QED) is 0.909. The van der Waals surface area contributed by atoms with E-state index in [0.717, 1.165) is 11.6 Å². The molecule has 0 aliphatic heterocycles. The van der Waals surface area contributed by atoms with Gasteiger partial charge in [0.25, 0.3) is 0 Å². The zero-order chi connectivity index (χ0) is 14.5. The lowest BCUT2D eigenvalue weighted by molar-refractivity contribution is 0.241. The largest absolute Gasteiger partial charge is 0.329 e. The Bertz CT molecular complexity index is 537. The second-order valence-electron chi connectivity index (χ2n) is 4.85. The molecule has 0 saturated heterocycles.